The molecule has 2 rings (SSSR count). The molecule has 1 atom stereocenters. The Bertz CT molecular complexity index is 575. The van der Waals surface area contributed by atoms with Crippen LogP contribution in [0.2, 0.25) is 0 Å². The average molecular weight is 339 g/mol. The summed E-state index contributed by atoms with van der Waals surface area (Å²) in [5.74, 6) is -1.73. The maximum absolute atomic E-state index is 13.3. The van der Waals surface area contributed by atoms with Gasteiger partial charge in [0.05, 0.1) is 12.5 Å². The Morgan fingerprint density at radius 3 is 2.71 bits per heavy atom. The molecule has 2 N–H and O–H groups in total. The lowest BCUT2D eigenvalue weighted by molar-refractivity contribution is -0.138. The molecule has 5 nitrogen and oxygen atoms in total. The number of carbonyl (C=O) groups is 2. The molecule has 132 valence electrons. The molecule has 1 saturated heterocycles. The first-order valence-electron chi connectivity index (χ1n) is 8.23. The minimum atomic E-state index is -0.667. The zero-order valence-corrected chi connectivity index (χ0v) is 13.8. The first kappa shape index (κ1) is 18.3. The van der Waals surface area contributed by atoms with Crippen molar-refractivity contribution < 1.29 is 18.4 Å². The molecule has 0 aliphatic carbocycles. The monoisotopic (exact) mass is 339 g/mol. The summed E-state index contributed by atoms with van der Waals surface area (Å²) in [6.07, 6.45) is 1.95. The van der Waals surface area contributed by atoms with Gasteiger partial charge in [-0.2, -0.15) is 0 Å². The van der Waals surface area contributed by atoms with E-state index in [1.165, 1.54) is 17.0 Å². The second-order valence-electron chi connectivity index (χ2n) is 5.95. The minimum Gasteiger partial charge on any atom is -0.356 e. The maximum Gasteiger partial charge on any atom is 0.240 e. The maximum atomic E-state index is 13.3. The van der Waals surface area contributed by atoms with E-state index in [2.05, 4.69) is 10.6 Å². The standard InChI is InChI=1S/C17H23F2N3O2/c1-2-3-4-21-16(23)10-15-17(24)22(6-5-20-15)11-12-7-13(18)9-14(19)8-12/h7-9,15,20H,2-6,10-11H2,1H3,(H,21,23). The van der Waals surface area contributed by atoms with Crippen LogP contribution in [0.25, 0.3) is 0 Å². The molecule has 1 heterocycles. The summed E-state index contributed by atoms with van der Waals surface area (Å²) < 4.78 is 26.5. The number of halogens is 2. The number of hydrogen-bond donors (Lipinski definition) is 2. The van der Waals surface area contributed by atoms with Crippen LogP contribution in [0.3, 0.4) is 0 Å². The number of piperazine rings is 1. The molecule has 7 heteroatoms. The van der Waals surface area contributed by atoms with Gasteiger partial charge in [0.15, 0.2) is 0 Å². The van der Waals surface area contributed by atoms with Crippen LogP contribution in [0.1, 0.15) is 31.7 Å². The van der Waals surface area contributed by atoms with Crippen molar-refractivity contribution in [2.24, 2.45) is 0 Å². The topological polar surface area (TPSA) is 61.4 Å². The summed E-state index contributed by atoms with van der Waals surface area (Å²) in [5, 5.41) is 5.81. The first-order chi connectivity index (χ1) is 11.5. The van der Waals surface area contributed by atoms with Crippen LogP contribution >= 0.6 is 0 Å². The molecular formula is C17H23F2N3O2. The molecule has 1 aromatic carbocycles. The van der Waals surface area contributed by atoms with Gasteiger partial charge in [-0.05, 0) is 24.1 Å². The highest BCUT2D eigenvalue weighted by Crippen LogP contribution is 2.13. The van der Waals surface area contributed by atoms with Crippen LogP contribution in [0, 0.1) is 11.6 Å². The van der Waals surface area contributed by atoms with Gasteiger partial charge in [0.2, 0.25) is 11.8 Å². The number of nitrogens with zero attached hydrogens (tertiary/aromatic N) is 1. The largest absolute Gasteiger partial charge is 0.356 e. The number of carbonyl (C=O) groups excluding carboxylic acids is 2. The molecule has 1 aromatic rings. The zero-order chi connectivity index (χ0) is 17.5. The summed E-state index contributed by atoms with van der Waals surface area (Å²) in [4.78, 5) is 25.8. The van der Waals surface area contributed by atoms with E-state index in [4.69, 9.17) is 0 Å². The van der Waals surface area contributed by atoms with E-state index in [0.717, 1.165) is 18.9 Å². The van der Waals surface area contributed by atoms with E-state index in [0.29, 0.717) is 25.2 Å². The lowest BCUT2D eigenvalue weighted by atomic mass is 10.1. The van der Waals surface area contributed by atoms with Gasteiger partial charge in [-0.1, -0.05) is 13.3 Å². The highest BCUT2D eigenvalue weighted by Gasteiger charge is 2.30. The number of rotatable bonds is 7. The van der Waals surface area contributed by atoms with Gasteiger partial charge in [0, 0.05) is 32.2 Å². The first-order valence-corrected chi connectivity index (χ1v) is 8.23. The fourth-order valence-corrected chi connectivity index (χ4v) is 2.69. The molecular weight excluding hydrogens is 316 g/mol. The fraction of sp³-hybridized carbons (Fsp3) is 0.529. The summed E-state index contributed by atoms with van der Waals surface area (Å²) in [6.45, 7) is 3.73. The van der Waals surface area contributed by atoms with E-state index in [1.54, 1.807) is 0 Å². The third-order valence-corrected chi connectivity index (χ3v) is 3.92. The molecule has 1 fully saturated rings. The van der Waals surface area contributed by atoms with Gasteiger partial charge >= 0.3 is 0 Å². The summed E-state index contributed by atoms with van der Waals surface area (Å²) in [6, 6.07) is 2.63. The molecule has 0 spiro atoms. The Labute approximate surface area is 140 Å². The molecule has 24 heavy (non-hydrogen) atoms. The van der Waals surface area contributed by atoms with Crippen molar-refractivity contribution in [2.45, 2.75) is 38.8 Å². The number of amides is 2. The van der Waals surface area contributed by atoms with Gasteiger partial charge in [0.1, 0.15) is 11.6 Å². The number of benzene rings is 1. The lowest BCUT2D eigenvalue weighted by Crippen LogP contribution is -2.55. The van der Waals surface area contributed by atoms with Crippen molar-refractivity contribution in [1.82, 2.24) is 15.5 Å². The van der Waals surface area contributed by atoms with Crippen molar-refractivity contribution >= 4 is 11.8 Å². The summed E-state index contributed by atoms with van der Waals surface area (Å²) >= 11 is 0. The predicted molar refractivity (Wildman–Crippen MR) is 86.1 cm³/mol. The predicted octanol–water partition coefficient (Wildman–Crippen LogP) is 1.57. The van der Waals surface area contributed by atoms with E-state index in [-0.39, 0.29) is 24.8 Å². The third kappa shape index (κ3) is 5.26. The van der Waals surface area contributed by atoms with Gasteiger partial charge in [-0.15, -0.1) is 0 Å². The lowest BCUT2D eigenvalue weighted by Gasteiger charge is -2.33. The van der Waals surface area contributed by atoms with Crippen LogP contribution in [0.5, 0.6) is 0 Å². The van der Waals surface area contributed by atoms with Gasteiger partial charge < -0.3 is 15.5 Å². The average Bonchev–Trinajstić information content (AvgIpc) is 2.50. The van der Waals surface area contributed by atoms with Crippen LogP contribution in [-0.2, 0) is 16.1 Å². The number of nitrogens with one attached hydrogen (secondary N) is 2. The van der Waals surface area contributed by atoms with E-state index < -0.39 is 17.7 Å². The van der Waals surface area contributed by atoms with Gasteiger partial charge in [-0.25, -0.2) is 8.78 Å². The Morgan fingerprint density at radius 1 is 1.33 bits per heavy atom. The Hall–Kier alpha value is -2.02. The van der Waals surface area contributed by atoms with Crippen LogP contribution in [0.15, 0.2) is 18.2 Å². The van der Waals surface area contributed by atoms with Crippen molar-refractivity contribution in [3.8, 4) is 0 Å². The van der Waals surface area contributed by atoms with Crippen LogP contribution in [-0.4, -0.2) is 42.4 Å². The van der Waals surface area contributed by atoms with Gasteiger partial charge in [-0.3, -0.25) is 9.59 Å². The highest BCUT2D eigenvalue weighted by atomic mass is 19.1. The zero-order valence-electron chi connectivity index (χ0n) is 13.8. The molecule has 2 amide bonds. The van der Waals surface area contributed by atoms with Gasteiger partial charge in [0.25, 0.3) is 0 Å². The van der Waals surface area contributed by atoms with Crippen molar-refractivity contribution in [2.75, 3.05) is 19.6 Å². The molecule has 1 unspecified atom stereocenters. The van der Waals surface area contributed by atoms with Crippen LogP contribution in [0.4, 0.5) is 8.78 Å². The van der Waals surface area contributed by atoms with Crippen molar-refractivity contribution in [3.05, 3.63) is 35.4 Å². The Balaban J connectivity index is 1.93. The summed E-state index contributed by atoms with van der Waals surface area (Å²) in [5.41, 5.74) is 0.397. The molecule has 0 bridgehead atoms. The SMILES string of the molecule is CCCCNC(=O)CC1NCCN(Cc2cc(F)cc(F)c2)C1=O. The highest BCUT2D eigenvalue weighted by molar-refractivity contribution is 5.88. The molecule has 0 saturated carbocycles. The smallest absolute Gasteiger partial charge is 0.240 e. The summed E-state index contributed by atoms with van der Waals surface area (Å²) in [7, 11) is 0. The van der Waals surface area contributed by atoms with Crippen LogP contribution < -0.4 is 10.6 Å². The second kappa shape index (κ2) is 8.73. The third-order valence-electron chi connectivity index (χ3n) is 3.92. The molecule has 1 aliphatic rings. The van der Waals surface area contributed by atoms with E-state index >= 15 is 0 Å². The second-order valence-corrected chi connectivity index (χ2v) is 5.95. The Kier molecular flexibility index (Phi) is 6.66. The minimum absolute atomic E-state index is 0.0660. The molecule has 1 aliphatic heterocycles. The quantitative estimate of drug-likeness (QED) is 0.742. The van der Waals surface area contributed by atoms with E-state index in [9.17, 15) is 18.4 Å². The van der Waals surface area contributed by atoms with Crippen molar-refractivity contribution in [1.29, 1.82) is 0 Å². The molecule has 0 radical (unpaired) electrons. The molecule has 0 aromatic heterocycles. The number of unbranched alkanes of at least 4 members (excludes halogenated alkanes) is 1. The van der Waals surface area contributed by atoms with Crippen molar-refractivity contribution in [3.63, 3.8) is 0 Å². The normalized spacial score (nSPS) is 17.9. The number of hydrogen-bond acceptors (Lipinski definition) is 3. The van der Waals surface area contributed by atoms with E-state index in [1.807, 2.05) is 6.92 Å². The Morgan fingerprint density at radius 2 is 2.04 bits per heavy atom. The fourth-order valence-electron chi connectivity index (χ4n) is 2.69.